The third-order valence-corrected chi connectivity index (χ3v) is 5.51. The first-order valence-electron chi connectivity index (χ1n) is 10.2. The van der Waals surface area contributed by atoms with Crippen LogP contribution < -0.4 is 16.0 Å². The molecule has 0 saturated carbocycles. The van der Waals surface area contributed by atoms with E-state index < -0.39 is 5.97 Å². The van der Waals surface area contributed by atoms with Crippen molar-refractivity contribution in [1.82, 2.24) is 15.2 Å². The van der Waals surface area contributed by atoms with Crippen molar-refractivity contribution >= 4 is 40.1 Å². The molecule has 3 rings (SSSR count). The van der Waals surface area contributed by atoms with Crippen molar-refractivity contribution in [2.45, 2.75) is 39.8 Å². The second-order valence-electron chi connectivity index (χ2n) is 7.42. The van der Waals surface area contributed by atoms with Gasteiger partial charge >= 0.3 is 12.0 Å². The minimum atomic E-state index is -0.466. The number of carbonyl (C=O) groups is 3. The normalized spacial score (nSPS) is 13.4. The van der Waals surface area contributed by atoms with E-state index in [9.17, 15) is 14.4 Å². The minimum absolute atomic E-state index is 0.0394. The fourth-order valence-electron chi connectivity index (χ4n) is 3.20. The first kappa shape index (κ1) is 22.7. The lowest BCUT2D eigenvalue weighted by Crippen LogP contribution is -2.37. The van der Waals surface area contributed by atoms with Crippen molar-refractivity contribution in [2.75, 3.05) is 30.3 Å². The Labute approximate surface area is 185 Å². The highest BCUT2D eigenvalue weighted by Crippen LogP contribution is 2.28. The van der Waals surface area contributed by atoms with E-state index in [2.05, 4.69) is 20.9 Å². The van der Waals surface area contributed by atoms with Crippen molar-refractivity contribution < 1.29 is 19.1 Å². The Hall–Kier alpha value is -2.98. The minimum Gasteiger partial charge on any atom is -0.462 e. The zero-order valence-electron chi connectivity index (χ0n) is 17.9. The van der Waals surface area contributed by atoms with Crippen LogP contribution in [0.5, 0.6) is 0 Å². The molecule has 1 aromatic heterocycles. The quantitative estimate of drug-likeness (QED) is 0.565. The largest absolute Gasteiger partial charge is 0.462 e. The lowest BCUT2D eigenvalue weighted by Gasteiger charge is -2.25. The first-order chi connectivity index (χ1) is 14.9. The fourth-order valence-corrected chi connectivity index (χ4v) is 4.25. The Morgan fingerprint density at radius 2 is 2.00 bits per heavy atom. The van der Waals surface area contributed by atoms with Gasteiger partial charge in [-0.05, 0) is 32.9 Å². The maximum Gasteiger partial charge on any atom is 0.340 e. The molecule has 1 aromatic carbocycles. The van der Waals surface area contributed by atoms with Crippen LogP contribution in [0.1, 0.15) is 41.7 Å². The highest BCUT2D eigenvalue weighted by molar-refractivity contribution is 7.15. The van der Waals surface area contributed by atoms with Crippen LogP contribution in [-0.2, 0) is 22.5 Å². The second kappa shape index (κ2) is 10.4. The number of aromatic nitrogens is 1. The summed E-state index contributed by atoms with van der Waals surface area (Å²) in [5.74, 6) is -0.674. The van der Waals surface area contributed by atoms with Crippen LogP contribution >= 0.6 is 11.3 Å². The molecule has 2 aromatic rings. The molecule has 0 radical (unpaired) electrons. The van der Waals surface area contributed by atoms with E-state index in [4.69, 9.17) is 4.74 Å². The smallest absolute Gasteiger partial charge is 0.340 e. The van der Waals surface area contributed by atoms with Gasteiger partial charge in [-0.25, -0.2) is 14.6 Å². The topological polar surface area (TPSA) is 113 Å². The number of nitrogens with zero attached hydrogens (tertiary/aromatic N) is 2. The highest BCUT2D eigenvalue weighted by Gasteiger charge is 2.23. The SMILES string of the molecule is CCOC(=O)c1ccccc1NC(=O)CN1CCc2nc(NC(=O)NC(C)C)sc2C1. The molecular formula is C21H27N5O4S. The summed E-state index contributed by atoms with van der Waals surface area (Å²) in [5, 5.41) is 8.90. The van der Waals surface area contributed by atoms with Gasteiger partial charge in [0.25, 0.3) is 0 Å². The van der Waals surface area contributed by atoms with Crippen LogP contribution in [-0.4, -0.2) is 53.5 Å². The number of ether oxygens (including phenoxy) is 1. The molecule has 166 valence electrons. The predicted molar refractivity (Wildman–Crippen MR) is 119 cm³/mol. The summed E-state index contributed by atoms with van der Waals surface area (Å²) in [6, 6.07) is 6.55. The lowest BCUT2D eigenvalue weighted by molar-refractivity contribution is -0.117. The van der Waals surface area contributed by atoms with Crippen molar-refractivity contribution in [3.63, 3.8) is 0 Å². The third kappa shape index (κ3) is 6.25. The molecule has 2 heterocycles. The van der Waals surface area contributed by atoms with Gasteiger partial charge in [0.2, 0.25) is 5.91 Å². The number of hydrogen-bond donors (Lipinski definition) is 3. The predicted octanol–water partition coefficient (Wildman–Crippen LogP) is 2.85. The highest BCUT2D eigenvalue weighted by atomic mass is 32.1. The number of urea groups is 1. The van der Waals surface area contributed by atoms with Crippen LogP contribution in [0.25, 0.3) is 0 Å². The maximum atomic E-state index is 12.6. The van der Waals surface area contributed by atoms with E-state index in [1.54, 1.807) is 31.2 Å². The van der Waals surface area contributed by atoms with Crippen LogP contribution in [0.15, 0.2) is 24.3 Å². The van der Waals surface area contributed by atoms with E-state index in [0.717, 1.165) is 10.6 Å². The zero-order valence-corrected chi connectivity index (χ0v) is 18.7. The van der Waals surface area contributed by atoms with E-state index in [1.165, 1.54) is 11.3 Å². The van der Waals surface area contributed by atoms with Gasteiger partial charge in [-0.15, -0.1) is 11.3 Å². The van der Waals surface area contributed by atoms with Crippen molar-refractivity contribution in [1.29, 1.82) is 0 Å². The number of thiazole rings is 1. The lowest BCUT2D eigenvalue weighted by atomic mass is 10.1. The Kier molecular flexibility index (Phi) is 7.59. The van der Waals surface area contributed by atoms with Crippen molar-refractivity contribution in [2.24, 2.45) is 0 Å². The van der Waals surface area contributed by atoms with Gasteiger partial charge in [0.15, 0.2) is 5.13 Å². The van der Waals surface area contributed by atoms with E-state index >= 15 is 0 Å². The third-order valence-electron chi connectivity index (χ3n) is 4.51. The average Bonchev–Trinajstić information content (AvgIpc) is 3.09. The second-order valence-corrected chi connectivity index (χ2v) is 8.50. The van der Waals surface area contributed by atoms with Gasteiger partial charge in [0.05, 0.1) is 30.1 Å². The van der Waals surface area contributed by atoms with E-state index in [1.807, 2.05) is 18.7 Å². The summed E-state index contributed by atoms with van der Waals surface area (Å²) in [4.78, 5) is 44.1. The number of nitrogens with one attached hydrogen (secondary N) is 3. The molecule has 1 aliphatic rings. The molecular weight excluding hydrogens is 418 g/mol. The van der Waals surface area contributed by atoms with Gasteiger partial charge < -0.3 is 15.4 Å². The van der Waals surface area contributed by atoms with E-state index in [0.29, 0.717) is 35.9 Å². The number of amides is 3. The van der Waals surface area contributed by atoms with E-state index in [-0.39, 0.29) is 31.1 Å². The summed E-state index contributed by atoms with van der Waals surface area (Å²) in [7, 11) is 0. The first-order valence-corrected chi connectivity index (χ1v) is 11.0. The molecule has 31 heavy (non-hydrogen) atoms. The molecule has 0 spiro atoms. The molecule has 3 amide bonds. The number of esters is 1. The van der Waals surface area contributed by atoms with Crippen LogP contribution in [0.3, 0.4) is 0 Å². The molecule has 0 saturated heterocycles. The number of hydrogen-bond acceptors (Lipinski definition) is 7. The van der Waals surface area contributed by atoms with Gasteiger partial charge in [-0.1, -0.05) is 12.1 Å². The molecule has 9 nitrogen and oxygen atoms in total. The number of fused-ring (bicyclic) bond motifs is 1. The number of benzene rings is 1. The van der Waals surface area contributed by atoms with Crippen LogP contribution in [0, 0.1) is 0 Å². The Morgan fingerprint density at radius 1 is 1.23 bits per heavy atom. The number of para-hydroxylation sites is 1. The summed E-state index contributed by atoms with van der Waals surface area (Å²) < 4.78 is 5.05. The fraction of sp³-hybridized carbons (Fsp3) is 0.429. The molecule has 1 aliphatic heterocycles. The van der Waals surface area contributed by atoms with Crippen LogP contribution in [0.2, 0.25) is 0 Å². The molecule has 0 bridgehead atoms. The van der Waals surface area contributed by atoms with Gasteiger partial charge in [-0.3, -0.25) is 15.0 Å². The molecule has 3 N–H and O–H groups in total. The number of carbonyl (C=O) groups excluding carboxylic acids is 3. The maximum absolute atomic E-state index is 12.6. The van der Waals surface area contributed by atoms with Gasteiger partial charge in [0, 0.05) is 30.4 Å². The van der Waals surface area contributed by atoms with Crippen molar-refractivity contribution in [3.8, 4) is 0 Å². The standard InChI is InChI=1S/C21H27N5O4S/c1-4-30-19(28)14-7-5-6-8-15(14)23-18(27)12-26-10-9-16-17(11-26)31-21(24-16)25-20(29)22-13(2)3/h5-8,13H,4,9-12H2,1-3H3,(H,23,27)(H2,22,24,25,29). The summed E-state index contributed by atoms with van der Waals surface area (Å²) in [6.45, 7) is 7.23. The Morgan fingerprint density at radius 3 is 2.74 bits per heavy atom. The Bertz CT molecular complexity index is 959. The van der Waals surface area contributed by atoms with Crippen molar-refractivity contribution in [3.05, 3.63) is 40.4 Å². The van der Waals surface area contributed by atoms with Crippen LogP contribution in [0.4, 0.5) is 15.6 Å². The summed E-state index contributed by atoms with van der Waals surface area (Å²) in [5.41, 5.74) is 1.72. The Balaban J connectivity index is 1.58. The molecule has 10 heteroatoms. The zero-order chi connectivity index (χ0) is 22.4. The monoisotopic (exact) mass is 445 g/mol. The summed E-state index contributed by atoms with van der Waals surface area (Å²) >= 11 is 1.42. The van der Waals surface area contributed by atoms with Gasteiger partial charge in [0.1, 0.15) is 0 Å². The number of anilines is 2. The summed E-state index contributed by atoms with van der Waals surface area (Å²) in [6.07, 6.45) is 0.700. The molecule has 0 unspecified atom stereocenters. The van der Waals surface area contributed by atoms with Gasteiger partial charge in [-0.2, -0.15) is 0 Å². The molecule has 0 atom stereocenters. The average molecular weight is 446 g/mol. The number of rotatable bonds is 7. The molecule has 0 fully saturated rings. The molecule has 0 aliphatic carbocycles.